The molecule has 0 N–H and O–H groups in total. The smallest absolute Gasteiger partial charge is 0.338 e. The lowest BCUT2D eigenvalue weighted by molar-refractivity contribution is -0.136. The second-order valence-corrected chi connectivity index (χ2v) is 9.60. The van der Waals surface area contributed by atoms with Crippen molar-refractivity contribution in [1.82, 2.24) is 4.57 Å². The molecule has 9 heteroatoms. The van der Waals surface area contributed by atoms with Crippen molar-refractivity contribution >= 4 is 39.3 Å². The van der Waals surface area contributed by atoms with Crippen LogP contribution in [0, 0.1) is 12.3 Å². The summed E-state index contributed by atoms with van der Waals surface area (Å²) >= 11 is 4.77. The van der Waals surface area contributed by atoms with Crippen LogP contribution < -0.4 is 24.4 Å². The maximum absolute atomic E-state index is 13.7. The van der Waals surface area contributed by atoms with Gasteiger partial charge in [-0.05, 0) is 59.1 Å². The number of rotatable bonds is 7. The van der Waals surface area contributed by atoms with Crippen molar-refractivity contribution in [1.29, 1.82) is 0 Å². The Morgan fingerprint density at radius 3 is 2.69 bits per heavy atom. The molecule has 1 atom stereocenters. The summed E-state index contributed by atoms with van der Waals surface area (Å²) in [5.74, 6) is 2.92. The molecule has 0 saturated carbocycles. The van der Waals surface area contributed by atoms with Crippen molar-refractivity contribution < 1.29 is 19.0 Å². The molecule has 0 aliphatic carbocycles. The van der Waals surface area contributed by atoms with Crippen molar-refractivity contribution in [2.75, 3.05) is 20.3 Å². The van der Waals surface area contributed by atoms with Gasteiger partial charge in [0, 0.05) is 0 Å². The van der Waals surface area contributed by atoms with E-state index in [0.29, 0.717) is 43.2 Å². The first-order chi connectivity index (χ1) is 17.4. The van der Waals surface area contributed by atoms with Gasteiger partial charge in [-0.25, -0.2) is 9.79 Å². The summed E-state index contributed by atoms with van der Waals surface area (Å²) in [7, 11) is 1.32. The van der Waals surface area contributed by atoms with Gasteiger partial charge in [-0.2, -0.15) is 0 Å². The highest BCUT2D eigenvalue weighted by molar-refractivity contribution is 9.10. The third kappa shape index (κ3) is 4.87. The molecule has 0 radical (unpaired) electrons. The van der Waals surface area contributed by atoms with Crippen molar-refractivity contribution in [3.05, 3.63) is 89.0 Å². The van der Waals surface area contributed by atoms with Crippen LogP contribution in [0.3, 0.4) is 0 Å². The molecule has 184 valence electrons. The van der Waals surface area contributed by atoms with Crippen molar-refractivity contribution in [3.8, 4) is 23.8 Å². The Labute approximate surface area is 220 Å². The van der Waals surface area contributed by atoms with E-state index >= 15 is 0 Å². The van der Waals surface area contributed by atoms with Crippen LogP contribution in [0.2, 0.25) is 0 Å². The van der Waals surface area contributed by atoms with Crippen LogP contribution in [0.15, 0.2) is 68.0 Å². The molecule has 36 heavy (non-hydrogen) atoms. The van der Waals surface area contributed by atoms with Crippen molar-refractivity contribution in [2.24, 2.45) is 4.99 Å². The summed E-state index contributed by atoms with van der Waals surface area (Å²) in [6.07, 6.45) is 7.10. The highest BCUT2D eigenvalue weighted by Gasteiger charge is 2.32. The van der Waals surface area contributed by atoms with Crippen LogP contribution in [0.25, 0.3) is 6.08 Å². The number of thiazole rings is 1. The number of carbonyl (C=O) groups is 1. The van der Waals surface area contributed by atoms with Gasteiger partial charge in [-0.1, -0.05) is 47.6 Å². The zero-order valence-corrected chi connectivity index (χ0v) is 22.3. The summed E-state index contributed by atoms with van der Waals surface area (Å²) in [4.78, 5) is 31.5. The average molecular weight is 567 g/mol. The molecule has 0 amide bonds. The first-order valence-electron chi connectivity index (χ1n) is 11.1. The number of aromatic nitrogens is 1. The molecule has 1 aromatic heterocycles. The Kier molecular flexibility index (Phi) is 7.77. The van der Waals surface area contributed by atoms with E-state index in [2.05, 4.69) is 26.8 Å². The zero-order chi connectivity index (χ0) is 25.8. The Morgan fingerprint density at radius 2 is 2.03 bits per heavy atom. The van der Waals surface area contributed by atoms with E-state index in [4.69, 9.17) is 20.6 Å². The quantitative estimate of drug-likeness (QED) is 0.322. The lowest BCUT2D eigenvalue weighted by Crippen LogP contribution is -2.39. The lowest BCUT2D eigenvalue weighted by atomic mass is 9.96. The van der Waals surface area contributed by atoms with Crippen molar-refractivity contribution in [2.45, 2.75) is 19.9 Å². The first-order valence-corrected chi connectivity index (χ1v) is 12.7. The maximum Gasteiger partial charge on any atom is 0.338 e. The maximum atomic E-state index is 13.7. The molecule has 7 nitrogen and oxygen atoms in total. The van der Waals surface area contributed by atoms with Gasteiger partial charge in [-0.3, -0.25) is 9.36 Å². The van der Waals surface area contributed by atoms with Crippen LogP contribution in [0.1, 0.15) is 31.0 Å². The number of esters is 1. The second kappa shape index (κ2) is 11.0. The van der Waals surface area contributed by atoms with E-state index in [9.17, 15) is 9.59 Å². The zero-order valence-electron chi connectivity index (χ0n) is 19.9. The first kappa shape index (κ1) is 25.5. The number of hydrogen-bond acceptors (Lipinski definition) is 7. The molecule has 4 rings (SSSR count). The molecular weight excluding hydrogens is 544 g/mol. The molecular formula is C27H23BrN2O5S. The number of methoxy groups -OCH3 is 1. The molecule has 0 fully saturated rings. The van der Waals surface area contributed by atoms with Gasteiger partial charge in [0.25, 0.3) is 5.56 Å². The van der Waals surface area contributed by atoms with Gasteiger partial charge >= 0.3 is 5.97 Å². The number of ether oxygens (including phenoxy) is 3. The van der Waals surface area contributed by atoms with Gasteiger partial charge in [0.15, 0.2) is 16.3 Å². The predicted molar refractivity (Wildman–Crippen MR) is 142 cm³/mol. The predicted octanol–water partition coefficient (Wildman–Crippen LogP) is 3.58. The second-order valence-electron chi connectivity index (χ2n) is 7.74. The lowest BCUT2D eigenvalue weighted by Gasteiger charge is -2.24. The van der Waals surface area contributed by atoms with Crippen LogP contribution in [0.4, 0.5) is 0 Å². The summed E-state index contributed by atoms with van der Waals surface area (Å²) in [5.41, 5.74) is 2.10. The molecule has 2 heterocycles. The highest BCUT2D eigenvalue weighted by Crippen LogP contribution is 2.37. The third-order valence-electron chi connectivity index (χ3n) is 5.47. The van der Waals surface area contributed by atoms with E-state index in [1.54, 1.807) is 23.6 Å². The molecule has 1 aliphatic rings. The molecule has 0 bridgehead atoms. The number of allylic oxidation sites excluding steroid dienone is 1. The summed E-state index contributed by atoms with van der Waals surface area (Å²) in [6, 6.07) is 12.3. The molecule has 0 spiro atoms. The molecule has 3 aromatic rings. The van der Waals surface area contributed by atoms with E-state index in [1.807, 2.05) is 43.3 Å². The standard InChI is InChI=1S/C27H23BrN2O5S/c1-5-12-35-24-19(28)13-17(14-20(24)34-6-2)15-21-25(31)30-23(18-10-8-7-9-11-18)22(26(32)33-4)16(3)29-27(30)36-21/h1,7-11,13-15,23H,6,12H2,2-4H3. The minimum absolute atomic E-state index is 0.0952. The Morgan fingerprint density at radius 1 is 1.28 bits per heavy atom. The van der Waals surface area contributed by atoms with E-state index in [0.717, 1.165) is 11.1 Å². The highest BCUT2D eigenvalue weighted by atomic mass is 79.9. The molecule has 1 aliphatic heterocycles. The Hall–Kier alpha value is -3.61. The largest absolute Gasteiger partial charge is 0.490 e. The normalized spacial score (nSPS) is 15.1. The Balaban J connectivity index is 1.90. The van der Waals surface area contributed by atoms with Gasteiger partial charge in [0.1, 0.15) is 6.61 Å². The monoisotopic (exact) mass is 566 g/mol. The van der Waals surface area contributed by atoms with Gasteiger partial charge in [0.05, 0.1) is 40.0 Å². The molecule has 0 saturated heterocycles. The topological polar surface area (TPSA) is 79.1 Å². The number of hydrogen-bond donors (Lipinski definition) is 0. The number of carbonyl (C=O) groups excluding carboxylic acids is 1. The van der Waals surface area contributed by atoms with E-state index in [-0.39, 0.29) is 12.2 Å². The Bertz CT molecular complexity index is 1560. The fourth-order valence-electron chi connectivity index (χ4n) is 3.98. The number of halogens is 1. The number of terminal acetylenes is 1. The van der Waals surface area contributed by atoms with Gasteiger partial charge in [-0.15, -0.1) is 6.42 Å². The average Bonchev–Trinajstić information content (AvgIpc) is 3.17. The van der Waals surface area contributed by atoms with Crippen LogP contribution in [-0.2, 0) is 9.53 Å². The van der Waals surface area contributed by atoms with E-state index in [1.165, 1.54) is 18.4 Å². The molecule has 2 aromatic carbocycles. The van der Waals surface area contributed by atoms with Crippen molar-refractivity contribution in [3.63, 3.8) is 0 Å². The van der Waals surface area contributed by atoms with Gasteiger partial charge < -0.3 is 14.2 Å². The fraction of sp³-hybridized carbons (Fsp3) is 0.222. The van der Waals surface area contributed by atoms with Crippen LogP contribution >= 0.6 is 27.3 Å². The minimum Gasteiger partial charge on any atom is -0.490 e. The minimum atomic E-state index is -0.651. The van der Waals surface area contributed by atoms with Crippen LogP contribution in [-0.4, -0.2) is 30.9 Å². The number of fused-ring (bicyclic) bond motifs is 1. The summed E-state index contributed by atoms with van der Waals surface area (Å²) < 4.78 is 19.1. The summed E-state index contributed by atoms with van der Waals surface area (Å²) in [6.45, 7) is 4.14. The van der Waals surface area contributed by atoms with E-state index < -0.39 is 12.0 Å². The molecule has 1 unspecified atom stereocenters. The SMILES string of the molecule is C#CCOc1c(Br)cc(C=c2sc3n(c2=O)C(c2ccccc2)C(C(=O)OC)=C(C)N=3)cc1OCC. The fourth-order valence-corrected chi connectivity index (χ4v) is 5.60. The third-order valence-corrected chi connectivity index (χ3v) is 7.04. The number of nitrogens with zero attached hydrogens (tertiary/aromatic N) is 2. The van der Waals surface area contributed by atoms with Crippen LogP contribution in [0.5, 0.6) is 11.5 Å². The van der Waals surface area contributed by atoms with Gasteiger partial charge in [0.2, 0.25) is 0 Å². The summed E-state index contributed by atoms with van der Waals surface area (Å²) in [5, 5.41) is 0. The number of benzene rings is 2.